The van der Waals surface area contributed by atoms with E-state index in [1.807, 2.05) is 0 Å². The molecule has 0 radical (unpaired) electrons. The first-order valence-electron chi connectivity index (χ1n) is 5.97. The van der Waals surface area contributed by atoms with Crippen molar-refractivity contribution in [2.24, 2.45) is 0 Å². The molecular formula is C13H10N4O5. The number of carboxylic acid groups (broad SMARTS) is 1. The van der Waals surface area contributed by atoms with Gasteiger partial charge >= 0.3 is 12.0 Å². The summed E-state index contributed by atoms with van der Waals surface area (Å²) in [6.07, 6.45) is 1.11. The van der Waals surface area contributed by atoms with E-state index in [2.05, 4.69) is 15.6 Å². The van der Waals surface area contributed by atoms with Crippen molar-refractivity contribution in [1.82, 2.24) is 4.98 Å². The van der Waals surface area contributed by atoms with E-state index in [4.69, 9.17) is 5.11 Å². The van der Waals surface area contributed by atoms with Gasteiger partial charge in [0.05, 0.1) is 10.5 Å². The maximum absolute atomic E-state index is 11.7. The van der Waals surface area contributed by atoms with Crippen LogP contribution in [0, 0.1) is 10.1 Å². The van der Waals surface area contributed by atoms with Crippen LogP contribution in [0.3, 0.4) is 0 Å². The Morgan fingerprint density at radius 2 is 1.77 bits per heavy atom. The Morgan fingerprint density at radius 1 is 1.09 bits per heavy atom. The number of amides is 2. The summed E-state index contributed by atoms with van der Waals surface area (Å²) in [6, 6.07) is 7.34. The van der Waals surface area contributed by atoms with Gasteiger partial charge in [-0.15, -0.1) is 0 Å². The molecule has 2 amide bonds. The summed E-state index contributed by atoms with van der Waals surface area (Å²) in [5.41, 5.74) is 0.281. The van der Waals surface area contributed by atoms with Crippen LogP contribution in [-0.2, 0) is 0 Å². The quantitative estimate of drug-likeness (QED) is 0.586. The fourth-order valence-electron chi connectivity index (χ4n) is 1.54. The van der Waals surface area contributed by atoms with Crippen molar-refractivity contribution in [1.29, 1.82) is 0 Å². The third kappa shape index (κ3) is 3.76. The molecule has 2 aromatic rings. The average molecular weight is 302 g/mol. The predicted molar refractivity (Wildman–Crippen MR) is 76.9 cm³/mol. The van der Waals surface area contributed by atoms with Crippen molar-refractivity contribution in [2.75, 3.05) is 10.6 Å². The first kappa shape index (κ1) is 14.9. The lowest BCUT2D eigenvalue weighted by Gasteiger charge is -2.06. The number of carboxylic acids is 1. The number of carbonyl (C=O) groups is 2. The number of nitrogens with zero attached hydrogens (tertiary/aromatic N) is 2. The minimum absolute atomic E-state index is 0.00123. The molecule has 9 heteroatoms. The van der Waals surface area contributed by atoms with Crippen LogP contribution in [-0.4, -0.2) is 27.0 Å². The molecule has 1 aromatic heterocycles. The highest BCUT2D eigenvalue weighted by Crippen LogP contribution is 2.15. The van der Waals surface area contributed by atoms with E-state index in [0.29, 0.717) is 5.69 Å². The largest absolute Gasteiger partial charge is 0.478 e. The molecule has 0 saturated heterocycles. The van der Waals surface area contributed by atoms with Gasteiger partial charge < -0.3 is 10.4 Å². The van der Waals surface area contributed by atoms with E-state index in [1.54, 1.807) is 0 Å². The van der Waals surface area contributed by atoms with E-state index >= 15 is 0 Å². The predicted octanol–water partition coefficient (Wildman–Crippen LogP) is 2.33. The second-order valence-corrected chi connectivity index (χ2v) is 4.12. The van der Waals surface area contributed by atoms with Gasteiger partial charge in [-0.05, 0) is 24.3 Å². The van der Waals surface area contributed by atoms with Crippen LogP contribution in [0.15, 0.2) is 42.6 Å². The lowest BCUT2D eigenvalue weighted by atomic mass is 10.3. The van der Waals surface area contributed by atoms with Crippen LogP contribution in [0.25, 0.3) is 0 Å². The van der Waals surface area contributed by atoms with Crippen molar-refractivity contribution < 1.29 is 19.6 Å². The van der Waals surface area contributed by atoms with Crippen LogP contribution in [0.4, 0.5) is 22.0 Å². The highest BCUT2D eigenvalue weighted by Gasteiger charge is 2.08. The number of benzene rings is 1. The third-order valence-electron chi connectivity index (χ3n) is 2.59. The molecule has 22 heavy (non-hydrogen) atoms. The number of aromatic nitrogens is 1. The Labute approximate surface area is 123 Å². The number of hydrogen-bond donors (Lipinski definition) is 3. The molecule has 0 unspecified atom stereocenters. The molecule has 9 nitrogen and oxygen atoms in total. The highest BCUT2D eigenvalue weighted by molar-refractivity contribution is 5.99. The number of rotatable bonds is 4. The molecule has 0 aliphatic rings. The molecule has 2 rings (SSSR count). The smallest absolute Gasteiger partial charge is 0.337 e. The minimum Gasteiger partial charge on any atom is -0.478 e. The lowest BCUT2D eigenvalue weighted by Crippen LogP contribution is -2.20. The number of carbonyl (C=O) groups excluding carboxylic acids is 1. The summed E-state index contributed by atoms with van der Waals surface area (Å²) >= 11 is 0. The zero-order chi connectivity index (χ0) is 16.1. The molecule has 0 spiro atoms. The van der Waals surface area contributed by atoms with Gasteiger partial charge in [-0.25, -0.2) is 14.6 Å². The van der Waals surface area contributed by atoms with E-state index in [9.17, 15) is 19.7 Å². The highest BCUT2D eigenvalue weighted by atomic mass is 16.6. The Kier molecular flexibility index (Phi) is 4.27. The molecule has 1 aromatic carbocycles. The van der Waals surface area contributed by atoms with E-state index < -0.39 is 16.9 Å². The normalized spacial score (nSPS) is 9.82. The summed E-state index contributed by atoms with van der Waals surface area (Å²) < 4.78 is 0. The monoisotopic (exact) mass is 302 g/mol. The Balaban J connectivity index is 1.97. The zero-order valence-electron chi connectivity index (χ0n) is 11.0. The fourth-order valence-corrected chi connectivity index (χ4v) is 1.54. The standard InChI is InChI=1S/C13H10N4O5/c18-12(19)8-1-6-11(14-7-8)16-13(20)15-9-2-4-10(5-3-9)17(21)22/h1-7H,(H,18,19)(H2,14,15,16,20). The van der Waals surface area contributed by atoms with Crippen molar-refractivity contribution in [3.05, 3.63) is 58.3 Å². The molecule has 3 N–H and O–H groups in total. The van der Waals surface area contributed by atoms with Gasteiger partial charge in [-0.3, -0.25) is 15.4 Å². The first-order valence-corrected chi connectivity index (χ1v) is 5.97. The fraction of sp³-hybridized carbons (Fsp3) is 0. The van der Waals surface area contributed by atoms with Crippen LogP contribution in [0.5, 0.6) is 0 Å². The molecule has 112 valence electrons. The zero-order valence-corrected chi connectivity index (χ0v) is 11.0. The number of pyridine rings is 1. The van der Waals surface area contributed by atoms with Crippen LogP contribution in [0.2, 0.25) is 0 Å². The summed E-state index contributed by atoms with van der Waals surface area (Å²) in [6.45, 7) is 0. The van der Waals surface area contributed by atoms with E-state index in [-0.39, 0.29) is 17.1 Å². The SMILES string of the molecule is O=C(Nc1ccc([N+](=O)[O-])cc1)Nc1ccc(C(=O)O)cn1. The van der Waals surface area contributed by atoms with Crippen molar-refractivity contribution in [3.8, 4) is 0 Å². The number of non-ortho nitro benzene ring substituents is 1. The maximum atomic E-state index is 11.7. The van der Waals surface area contributed by atoms with Gasteiger partial charge in [0, 0.05) is 24.0 Å². The van der Waals surface area contributed by atoms with Crippen molar-refractivity contribution in [2.45, 2.75) is 0 Å². The number of anilines is 2. The van der Waals surface area contributed by atoms with Gasteiger partial charge in [0.1, 0.15) is 5.82 Å². The van der Waals surface area contributed by atoms with Crippen molar-refractivity contribution >= 4 is 29.2 Å². The molecule has 0 aliphatic heterocycles. The van der Waals surface area contributed by atoms with Gasteiger partial charge in [0.2, 0.25) is 0 Å². The second-order valence-electron chi connectivity index (χ2n) is 4.12. The average Bonchev–Trinajstić information content (AvgIpc) is 2.48. The summed E-state index contributed by atoms with van der Waals surface area (Å²) in [5, 5.41) is 24.1. The van der Waals surface area contributed by atoms with E-state index in [0.717, 1.165) is 6.20 Å². The molecule has 1 heterocycles. The van der Waals surface area contributed by atoms with Gasteiger partial charge in [-0.1, -0.05) is 0 Å². The number of hydrogen-bond acceptors (Lipinski definition) is 5. The molecule has 0 bridgehead atoms. The molecule has 0 saturated carbocycles. The second kappa shape index (κ2) is 6.31. The van der Waals surface area contributed by atoms with Gasteiger partial charge in [0.25, 0.3) is 5.69 Å². The number of nitro benzene ring substituents is 1. The van der Waals surface area contributed by atoms with Crippen LogP contribution < -0.4 is 10.6 Å². The van der Waals surface area contributed by atoms with Gasteiger partial charge in [-0.2, -0.15) is 0 Å². The third-order valence-corrected chi connectivity index (χ3v) is 2.59. The first-order chi connectivity index (χ1) is 10.5. The van der Waals surface area contributed by atoms with Gasteiger partial charge in [0.15, 0.2) is 0 Å². The lowest BCUT2D eigenvalue weighted by molar-refractivity contribution is -0.384. The molecule has 0 atom stereocenters. The number of nitrogens with one attached hydrogen (secondary N) is 2. The molecule has 0 aliphatic carbocycles. The van der Waals surface area contributed by atoms with E-state index in [1.165, 1.54) is 36.4 Å². The Bertz CT molecular complexity index is 651. The number of nitro groups is 1. The molecular weight excluding hydrogens is 292 g/mol. The maximum Gasteiger partial charge on any atom is 0.337 e. The number of aromatic carboxylic acids is 1. The van der Waals surface area contributed by atoms with Crippen molar-refractivity contribution in [3.63, 3.8) is 0 Å². The topological polar surface area (TPSA) is 134 Å². The summed E-state index contributed by atoms with van der Waals surface area (Å²) in [5.74, 6) is -0.946. The summed E-state index contributed by atoms with van der Waals surface area (Å²) in [4.78, 5) is 36.1. The Morgan fingerprint density at radius 3 is 2.27 bits per heavy atom. The number of urea groups is 1. The van der Waals surface area contributed by atoms with Crippen LogP contribution in [0.1, 0.15) is 10.4 Å². The molecule has 0 fully saturated rings. The minimum atomic E-state index is -1.12. The van der Waals surface area contributed by atoms with Crippen LogP contribution >= 0.6 is 0 Å². The summed E-state index contributed by atoms with van der Waals surface area (Å²) in [7, 11) is 0. The Hall–Kier alpha value is -3.49.